The predicted molar refractivity (Wildman–Crippen MR) is 69.6 cm³/mol. The first-order valence-corrected chi connectivity index (χ1v) is 6.21. The van der Waals surface area contributed by atoms with Gasteiger partial charge in [-0.05, 0) is 38.0 Å². The van der Waals surface area contributed by atoms with Crippen LogP contribution in [-0.2, 0) is 4.74 Å². The largest absolute Gasteiger partial charge is 0.493 e. The van der Waals surface area contributed by atoms with E-state index in [2.05, 4.69) is 5.16 Å². The van der Waals surface area contributed by atoms with Crippen LogP contribution in [0.15, 0.2) is 23.4 Å². The second-order valence-electron chi connectivity index (χ2n) is 4.73. The average Bonchev–Trinajstić information content (AvgIpc) is 2.88. The van der Waals surface area contributed by atoms with Gasteiger partial charge in [0, 0.05) is 18.1 Å². The molecular weight excluding hydrogens is 230 g/mol. The van der Waals surface area contributed by atoms with Gasteiger partial charge in [0.1, 0.15) is 5.75 Å². The molecule has 4 heteroatoms. The Morgan fingerprint density at radius 3 is 3.06 bits per heavy atom. The third kappa shape index (κ3) is 3.01. The number of hydrogen-bond donors (Lipinski definition) is 1. The van der Waals surface area contributed by atoms with Gasteiger partial charge in [-0.15, -0.1) is 0 Å². The lowest BCUT2D eigenvalue weighted by Crippen LogP contribution is -2.13. The van der Waals surface area contributed by atoms with Crippen LogP contribution in [0, 0.1) is 12.8 Å². The zero-order chi connectivity index (χ0) is 13.0. The standard InChI is InChI=1S/C14H19NO3/c1-10-3-4-13(11(2)15-16)14(7-10)18-9-12-5-6-17-8-12/h3-4,7,12,16H,5-6,8-9H2,1-2H3. The smallest absolute Gasteiger partial charge is 0.128 e. The molecule has 2 rings (SSSR count). The second kappa shape index (κ2) is 5.87. The maximum absolute atomic E-state index is 8.87. The number of benzene rings is 1. The van der Waals surface area contributed by atoms with E-state index < -0.39 is 0 Å². The number of rotatable bonds is 4. The summed E-state index contributed by atoms with van der Waals surface area (Å²) in [5.74, 6) is 1.24. The topological polar surface area (TPSA) is 51.1 Å². The first-order chi connectivity index (χ1) is 8.70. The monoisotopic (exact) mass is 249 g/mol. The lowest BCUT2D eigenvalue weighted by atomic mass is 10.1. The van der Waals surface area contributed by atoms with Crippen LogP contribution in [0.2, 0.25) is 0 Å². The quantitative estimate of drug-likeness (QED) is 0.507. The first-order valence-electron chi connectivity index (χ1n) is 6.21. The Hall–Kier alpha value is -1.55. The molecule has 1 heterocycles. The van der Waals surface area contributed by atoms with E-state index in [0.29, 0.717) is 18.2 Å². The van der Waals surface area contributed by atoms with Crippen LogP contribution >= 0.6 is 0 Å². The van der Waals surface area contributed by atoms with Crippen LogP contribution in [0.4, 0.5) is 0 Å². The van der Waals surface area contributed by atoms with Crippen LogP contribution in [0.5, 0.6) is 5.75 Å². The number of nitrogens with zero attached hydrogens (tertiary/aromatic N) is 1. The number of hydrogen-bond acceptors (Lipinski definition) is 4. The van der Waals surface area contributed by atoms with Gasteiger partial charge in [0.2, 0.25) is 0 Å². The molecule has 0 aromatic heterocycles. The Labute approximate surface area is 107 Å². The molecule has 0 aliphatic carbocycles. The van der Waals surface area contributed by atoms with Crippen LogP contribution in [0.25, 0.3) is 0 Å². The highest BCUT2D eigenvalue weighted by Gasteiger charge is 2.17. The van der Waals surface area contributed by atoms with Crippen molar-refractivity contribution < 1.29 is 14.7 Å². The van der Waals surface area contributed by atoms with E-state index >= 15 is 0 Å². The molecule has 1 unspecified atom stereocenters. The average molecular weight is 249 g/mol. The van der Waals surface area contributed by atoms with Crippen molar-refractivity contribution in [3.8, 4) is 5.75 Å². The van der Waals surface area contributed by atoms with E-state index in [1.165, 1.54) is 0 Å². The molecule has 1 aromatic rings. The summed E-state index contributed by atoms with van der Waals surface area (Å²) in [6.07, 6.45) is 1.05. The van der Waals surface area contributed by atoms with Gasteiger partial charge < -0.3 is 14.7 Å². The summed E-state index contributed by atoms with van der Waals surface area (Å²) in [4.78, 5) is 0. The van der Waals surface area contributed by atoms with Crippen molar-refractivity contribution in [1.29, 1.82) is 0 Å². The molecule has 1 aromatic carbocycles. The summed E-state index contributed by atoms with van der Waals surface area (Å²) in [5, 5.41) is 12.1. The zero-order valence-electron chi connectivity index (χ0n) is 10.8. The fraction of sp³-hybridized carbons (Fsp3) is 0.500. The van der Waals surface area contributed by atoms with Gasteiger partial charge in [-0.2, -0.15) is 0 Å². The van der Waals surface area contributed by atoms with E-state index in [0.717, 1.165) is 36.5 Å². The van der Waals surface area contributed by atoms with Gasteiger partial charge in [-0.3, -0.25) is 0 Å². The summed E-state index contributed by atoms with van der Waals surface area (Å²) < 4.78 is 11.2. The molecule has 4 nitrogen and oxygen atoms in total. The van der Waals surface area contributed by atoms with Crippen molar-refractivity contribution in [2.75, 3.05) is 19.8 Å². The fourth-order valence-corrected chi connectivity index (χ4v) is 2.02. The Morgan fingerprint density at radius 2 is 2.39 bits per heavy atom. The van der Waals surface area contributed by atoms with Crippen molar-refractivity contribution in [3.63, 3.8) is 0 Å². The molecule has 98 valence electrons. The maximum atomic E-state index is 8.87. The molecule has 1 aliphatic heterocycles. The highest BCUT2D eigenvalue weighted by molar-refractivity contribution is 6.00. The summed E-state index contributed by atoms with van der Waals surface area (Å²) >= 11 is 0. The zero-order valence-corrected chi connectivity index (χ0v) is 10.8. The summed E-state index contributed by atoms with van der Waals surface area (Å²) in [7, 11) is 0. The minimum Gasteiger partial charge on any atom is -0.493 e. The molecule has 1 aliphatic rings. The summed E-state index contributed by atoms with van der Waals surface area (Å²) in [5.41, 5.74) is 2.52. The van der Waals surface area contributed by atoms with E-state index in [1.54, 1.807) is 6.92 Å². The summed E-state index contributed by atoms with van der Waals surface area (Å²) in [6, 6.07) is 5.88. The lowest BCUT2D eigenvalue weighted by Gasteiger charge is -2.14. The van der Waals surface area contributed by atoms with E-state index in [4.69, 9.17) is 14.7 Å². The molecule has 0 radical (unpaired) electrons. The van der Waals surface area contributed by atoms with Gasteiger partial charge in [0.15, 0.2) is 0 Å². The third-order valence-electron chi connectivity index (χ3n) is 3.18. The first kappa shape index (κ1) is 12.9. The molecule has 1 fully saturated rings. The number of oxime groups is 1. The minimum atomic E-state index is 0.463. The van der Waals surface area contributed by atoms with Crippen molar-refractivity contribution in [3.05, 3.63) is 29.3 Å². The Balaban J connectivity index is 2.11. The second-order valence-corrected chi connectivity index (χ2v) is 4.73. The predicted octanol–water partition coefficient (Wildman–Crippen LogP) is 2.61. The minimum absolute atomic E-state index is 0.463. The van der Waals surface area contributed by atoms with Crippen LogP contribution in [-0.4, -0.2) is 30.7 Å². The SMILES string of the molecule is CC(=NO)c1ccc(C)cc1OCC1CCOC1. The Kier molecular flexibility index (Phi) is 4.20. The van der Waals surface area contributed by atoms with Crippen LogP contribution in [0.3, 0.4) is 0 Å². The molecule has 0 saturated carbocycles. The highest BCUT2D eigenvalue weighted by Crippen LogP contribution is 2.23. The van der Waals surface area contributed by atoms with Gasteiger partial charge in [-0.25, -0.2) is 0 Å². The van der Waals surface area contributed by atoms with Gasteiger partial charge in [-0.1, -0.05) is 11.2 Å². The maximum Gasteiger partial charge on any atom is 0.128 e. The van der Waals surface area contributed by atoms with Crippen molar-refractivity contribution in [2.45, 2.75) is 20.3 Å². The normalized spacial score (nSPS) is 20.1. The highest BCUT2D eigenvalue weighted by atomic mass is 16.5. The Morgan fingerprint density at radius 1 is 1.56 bits per heavy atom. The van der Waals surface area contributed by atoms with Crippen LogP contribution < -0.4 is 4.74 Å². The fourth-order valence-electron chi connectivity index (χ4n) is 2.02. The van der Waals surface area contributed by atoms with Gasteiger partial charge in [0.25, 0.3) is 0 Å². The molecule has 0 spiro atoms. The van der Waals surface area contributed by atoms with E-state index in [1.807, 2.05) is 25.1 Å². The molecule has 18 heavy (non-hydrogen) atoms. The summed E-state index contributed by atoms with van der Waals surface area (Å²) in [6.45, 7) is 6.02. The molecule has 1 atom stereocenters. The van der Waals surface area contributed by atoms with Crippen LogP contribution in [0.1, 0.15) is 24.5 Å². The van der Waals surface area contributed by atoms with E-state index in [-0.39, 0.29) is 0 Å². The van der Waals surface area contributed by atoms with E-state index in [9.17, 15) is 0 Å². The lowest BCUT2D eigenvalue weighted by molar-refractivity contribution is 0.167. The molecule has 1 N–H and O–H groups in total. The number of aryl methyl sites for hydroxylation is 1. The molecule has 0 amide bonds. The third-order valence-corrected chi connectivity index (χ3v) is 3.18. The van der Waals surface area contributed by atoms with Crippen molar-refractivity contribution >= 4 is 5.71 Å². The molecule has 1 saturated heterocycles. The number of ether oxygens (including phenoxy) is 2. The van der Waals surface area contributed by atoms with Gasteiger partial charge >= 0.3 is 0 Å². The van der Waals surface area contributed by atoms with Crippen molar-refractivity contribution in [1.82, 2.24) is 0 Å². The van der Waals surface area contributed by atoms with Gasteiger partial charge in [0.05, 0.1) is 18.9 Å². The van der Waals surface area contributed by atoms with Crippen molar-refractivity contribution in [2.24, 2.45) is 11.1 Å². The molecular formula is C14H19NO3. The molecule has 0 bridgehead atoms. The Bertz CT molecular complexity index is 437.